The Balaban J connectivity index is 1.64. The monoisotopic (exact) mass is 505 g/mol. The van der Waals surface area contributed by atoms with Crippen LogP contribution in [0.25, 0.3) is 27.7 Å². The van der Waals surface area contributed by atoms with Gasteiger partial charge in [-0.1, -0.05) is 35.0 Å². The van der Waals surface area contributed by atoms with Crippen LogP contribution in [-0.4, -0.2) is 25.3 Å². The quantitative estimate of drug-likeness (QED) is 0.352. The van der Waals surface area contributed by atoms with Crippen molar-refractivity contribution in [1.29, 1.82) is 0 Å². The van der Waals surface area contributed by atoms with Crippen molar-refractivity contribution in [2.75, 3.05) is 11.8 Å². The lowest BCUT2D eigenvalue weighted by molar-refractivity contribution is 0.412. The molecule has 0 bridgehead atoms. The van der Waals surface area contributed by atoms with Crippen LogP contribution in [0, 0.1) is 12.7 Å². The number of anilines is 1. The van der Waals surface area contributed by atoms with Gasteiger partial charge in [-0.05, 0) is 42.8 Å². The molecule has 36 heavy (non-hydrogen) atoms. The second-order valence-corrected chi connectivity index (χ2v) is 9.77. The summed E-state index contributed by atoms with van der Waals surface area (Å²) in [4.78, 5) is 12.9. The molecule has 0 radical (unpaired) electrons. The predicted octanol–water partition coefficient (Wildman–Crippen LogP) is 4.90. The standard InChI is InChI=1S/C26H20FN3O5S/c1-16-3-5-17(6-4-16)20-14-24(34-2)23(15-21(20)27)30-22-9-8-19(13-18(22)7-10-26(30)31)36(32,33)29-25-11-12-35-28-25/h3-15H,1-2H3,(H,28,29). The zero-order chi connectivity index (χ0) is 25.4. The van der Waals surface area contributed by atoms with E-state index in [4.69, 9.17) is 4.74 Å². The molecular formula is C26H20FN3O5S. The smallest absolute Gasteiger partial charge is 0.263 e. The topological polar surface area (TPSA) is 103 Å². The largest absolute Gasteiger partial charge is 0.495 e. The zero-order valence-corrected chi connectivity index (χ0v) is 20.0. The maximum absolute atomic E-state index is 15.3. The van der Waals surface area contributed by atoms with Gasteiger partial charge in [-0.3, -0.25) is 14.1 Å². The van der Waals surface area contributed by atoms with Crippen molar-refractivity contribution in [3.63, 3.8) is 0 Å². The Kier molecular flexibility index (Phi) is 5.81. The predicted molar refractivity (Wildman–Crippen MR) is 134 cm³/mol. The third kappa shape index (κ3) is 4.22. The van der Waals surface area contributed by atoms with Crippen LogP contribution in [0.2, 0.25) is 0 Å². The molecular weight excluding hydrogens is 485 g/mol. The molecule has 2 aromatic heterocycles. The van der Waals surface area contributed by atoms with Crippen LogP contribution in [0.15, 0.2) is 93.3 Å². The van der Waals surface area contributed by atoms with Gasteiger partial charge < -0.3 is 9.26 Å². The van der Waals surface area contributed by atoms with Gasteiger partial charge in [0.15, 0.2) is 5.82 Å². The Hall–Kier alpha value is -4.44. The molecule has 0 spiro atoms. The van der Waals surface area contributed by atoms with E-state index in [9.17, 15) is 13.2 Å². The van der Waals surface area contributed by atoms with E-state index in [2.05, 4.69) is 14.4 Å². The highest BCUT2D eigenvalue weighted by Gasteiger charge is 2.19. The van der Waals surface area contributed by atoms with E-state index < -0.39 is 21.4 Å². The summed E-state index contributed by atoms with van der Waals surface area (Å²) in [7, 11) is -2.53. The number of nitrogens with zero attached hydrogens (tertiary/aromatic N) is 2. The van der Waals surface area contributed by atoms with E-state index in [0.29, 0.717) is 22.0 Å². The number of aryl methyl sites for hydroxylation is 1. The van der Waals surface area contributed by atoms with E-state index in [-0.39, 0.29) is 22.2 Å². The minimum Gasteiger partial charge on any atom is -0.495 e. The highest BCUT2D eigenvalue weighted by Crippen LogP contribution is 2.33. The summed E-state index contributed by atoms with van der Waals surface area (Å²) in [6, 6.07) is 18.6. The number of ether oxygens (including phenoxy) is 1. The molecule has 0 saturated carbocycles. The minimum absolute atomic E-state index is 0.0361. The van der Waals surface area contributed by atoms with Gasteiger partial charge in [-0.15, -0.1) is 0 Å². The minimum atomic E-state index is -3.97. The SMILES string of the molecule is COc1cc(-c2ccc(C)cc2)c(F)cc1-n1c(=O)ccc2cc(S(=O)(=O)Nc3ccon3)ccc21. The van der Waals surface area contributed by atoms with Crippen LogP contribution < -0.4 is 15.0 Å². The Morgan fingerprint density at radius 1 is 1.00 bits per heavy atom. The molecule has 0 aliphatic carbocycles. The lowest BCUT2D eigenvalue weighted by Crippen LogP contribution is -2.19. The molecule has 5 rings (SSSR count). The van der Waals surface area contributed by atoms with E-state index in [1.165, 1.54) is 60.4 Å². The van der Waals surface area contributed by atoms with Crippen LogP contribution in [-0.2, 0) is 10.0 Å². The van der Waals surface area contributed by atoms with Gasteiger partial charge in [0.2, 0.25) is 0 Å². The molecule has 0 saturated heterocycles. The molecule has 5 aromatic rings. The van der Waals surface area contributed by atoms with Gasteiger partial charge in [0.1, 0.15) is 17.8 Å². The number of hydrogen-bond donors (Lipinski definition) is 1. The number of benzene rings is 3. The van der Waals surface area contributed by atoms with Crippen molar-refractivity contribution in [3.8, 4) is 22.6 Å². The number of halogens is 1. The van der Waals surface area contributed by atoms with E-state index in [1.54, 1.807) is 6.07 Å². The maximum Gasteiger partial charge on any atom is 0.263 e. The average molecular weight is 506 g/mol. The van der Waals surface area contributed by atoms with E-state index in [1.807, 2.05) is 31.2 Å². The lowest BCUT2D eigenvalue weighted by atomic mass is 10.0. The Morgan fingerprint density at radius 3 is 2.47 bits per heavy atom. The van der Waals surface area contributed by atoms with Crippen molar-refractivity contribution in [1.82, 2.24) is 9.72 Å². The zero-order valence-electron chi connectivity index (χ0n) is 19.2. The summed E-state index contributed by atoms with van der Waals surface area (Å²) in [6.07, 6.45) is 1.24. The third-order valence-electron chi connectivity index (χ3n) is 5.72. The van der Waals surface area contributed by atoms with Gasteiger partial charge in [-0.25, -0.2) is 12.8 Å². The fourth-order valence-electron chi connectivity index (χ4n) is 3.94. The van der Waals surface area contributed by atoms with E-state index >= 15 is 4.39 Å². The summed E-state index contributed by atoms with van der Waals surface area (Å²) in [5.41, 5.74) is 2.18. The number of hydrogen-bond acceptors (Lipinski definition) is 6. The highest BCUT2D eigenvalue weighted by atomic mass is 32.2. The van der Waals surface area contributed by atoms with Gasteiger partial charge in [-0.2, -0.15) is 0 Å². The second-order valence-electron chi connectivity index (χ2n) is 8.09. The molecule has 2 heterocycles. The highest BCUT2D eigenvalue weighted by molar-refractivity contribution is 7.92. The molecule has 3 aromatic carbocycles. The first kappa shape index (κ1) is 23.3. The number of nitrogens with one attached hydrogen (secondary N) is 1. The first-order chi connectivity index (χ1) is 17.3. The van der Waals surface area contributed by atoms with Gasteiger partial charge >= 0.3 is 0 Å². The molecule has 0 unspecified atom stereocenters. The lowest BCUT2D eigenvalue weighted by Gasteiger charge is -2.16. The molecule has 0 aliphatic heterocycles. The maximum atomic E-state index is 15.3. The van der Waals surface area contributed by atoms with Crippen LogP contribution in [0.4, 0.5) is 10.2 Å². The molecule has 0 atom stereocenters. The normalized spacial score (nSPS) is 11.5. The Labute approximate surface area is 205 Å². The van der Waals surface area contributed by atoms with Gasteiger partial charge in [0.25, 0.3) is 15.6 Å². The van der Waals surface area contributed by atoms with Crippen molar-refractivity contribution >= 4 is 26.7 Å². The third-order valence-corrected chi connectivity index (χ3v) is 7.08. The number of fused-ring (bicyclic) bond motifs is 1. The molecule has 182 valence electrons. The van der Waals surface area contributed by atoms with Crippen LogP contribution in [0.3, 0.4) is 0 Å². The molecule has 0 fully saturated rings. The van der Waals surface area contributed by atoms with Gasteiger partial charge in [0, 0.05) is 29.1 Å². The molecule has 8 nitrogen and oxygen atoms in total. The van der Waals surface area contributed by atoms with Crippen LogP contribution >= 0.6 is 0 Å². The number of rotatable bonds is 6. The number of methoxy groups -OCH3 is 1. The van der Waals surface area contributed by atoms with Crippen molar-refractivity contribution in [3.05, 3.63) is 101 Å². The fraction of sp³-hybridized carbons (Fsp3) is 0.0769. The van der Waals surface area contributed by atoms with Crippen LogP contribution in [0.1, 0.15) is 5.56 Å². The second kappa shape index (κ2) is 8.97. The molecule has 1 N–H and O–H groups in total. The summed E-state index contributed by atoms with van der Waals surface area (Å²) < 4.78 is 54.6. The van der Waals surface area contributed by atoms with Crippen molar-refractivity contribution < 1.29 is 22.1 Å². The van der Waals surface area contributed by atoms with Crippen molar-refractivity contribution in [2.45, 2.75) is 11.8 Å². The molecule has 0 aliphatic rings. The number of aromatic nitrogens is 2. The fourth-order valence-corrected chi connectivity index (χ4v) is 4.96. The molecule has 10 heteroatoms. The summed E-state index contributed by atoms with van der Waals surface area (Å²) in [6.45, 7) is 1.94. The van der Waals surface area contributed by atoms with Crippen molar-refractivity contribution in [2.24, 2.45) is 0 Å². The summed E-state index contributed by atoms with van der Waals surface area (Å²) in [5.74, 6) is -0.213. The number of pyridine rings is 1. The van der Waals surface area contributed by atoms with Gasteiger partial charge in [0.05, 0.1) is 23.2 Å². The first-order valence-corrected chi connectivity index (χ1v) is 12.3. The van der Waals surface area contributed by atoms with E-state index in [0.717, 1.165) is 5.56 Å². The average Bonchev–Trinajstić information content (AvgIpc) is 3.36. The molecule has 0 amide bonds. The van der Waals surface area contributed by atoms with Crippen LogP contribution in [0.5, 0.6) is 5.75 Å². The summed E-state index contributed by atoms with van der Waals surface area (Å²) in [5, 5.41) is 4.00. The number of sulfonamides is 1. The first-order valence-electron chi connectivity index (χ1n) is 10.8. The summed E-state index contributed by atoms with van der Waals surface area (Å²) >= 11 is 0. The Bertz CT molecular complexity index is 1750. The Morgan fingerprint density at radius 2 is 1.78 bits per heavy atom.